The molecule has 0 unspecified atom stereocenters. The lowest BCUT2D eigenvalue weighted by atomic mass is 10.2. The lowest BCUT2D eigenvalue weighted by Gasteiger charge is -1.99. The zero-order valence-corrected chi connectivity index (χ0v) is 9.81. The monoisotopic (exact) mass is 250 g/mol. The summed E-state index contributed by atoms with van der Waals surface area (Å²) < 4.78 is 27.0. The molecule has 0 aliphatic carbocycles. The molecule has 2 rings (SSSR count). The second-order valence-corrected chi connectivity index (χ2v) is 4.54. The topological polar surface area (TPSA) is 36.7 Å². The molecule has 5 heteroatoms. The molecule has 2 aromatic rings. The van der Waals surface area contributed by atoms with Crippen LogP contribution in [0.15, 0.2) is 18.2 Å². The Balaban J connectivity index is 2.54. The van der Waals surface area contributed by atoms with Crippen LogP contribution in [0.3, 0.4) is 0 Å². The van der Waals surface area contributed by atoms with Gasteiger partial charge < -0.3 is 0 Å². The highest BCUT2D eigenvalue weighted by Gasteiger charge is 2.16. The number of nitrogens with zero attached hydrogens (tertiary/aromatic N) is 2. The van der Waals surface area contributed by atoms with E-state index in [1.165, 1.54) is 18.2 Å². The number of benzene rings is 1. The maximum absolute atomic E-state index is 13.5. The van der Waals surface area contributed by atoms with E-state index < -0.39 is 11.6 Å². The Morgan fingerprint density at radius 2 is 2.00 bits per heavy atom. The molecule has 0 N–H and O–H groups in total. The lowest BCUT2D eigenvalue weighted by molar-refractivity contribution is 0.589. The number of hydrogen-bond acceptors (Lipinski definition) is 3. The van der Waals surface area contributed by atoms with Crippen molar-refractivity contribution in [3.8, 4) is 16.6 Å². The number of halogens is 2. The average Bonchev–Trinajstić information content (AvgIpc) is 2.60. The number of aryl methyl sites for hydroxylation is 1. The largest absolute Gasteiger partial charge is 0.241 e. The summed E-state index contributed by atoms with van der Waals surface area (Å²) in [6.45, 7) is 1.73. The van der Waals surface area contributed by atoms with Gasteiger partial charge in [0.2, 0.25) is 0 Å². The molecule has 86 valence electrons. The lowest BCUT2D eigenvalue weighted by Crippen LogP contribution is -1.88. The van der Waals surface area contributed by atoms with Crippen LogP contribution in [0.25, 0.3) is 10.6 Å². The summed E-state index contributed by atoms with van der Waals surface area (Å²) in [6.07, 6.45) is 0.208. The Labute approximate surface area is 101 Å². The van der Waals surface area contributed by atoms with Crippen molar-refractivity contribution in [2.75, 3.05) is 0 Å². The van der Waals surface area contributed by atoms with Crippen LogP contribution in [-0.4, -0.2) is 4.98 Å². The van der Waals surface area contributed by atoms with Crippen molar-refractivity contribution in [3.05, 3.63) is 40.4 Å². The van der Waals surface area contributed by atoms with Gasteiger partial charge in [-0.15, -0.1) is 11.3 Å². The molecule has 1 aromatic heterocycles. The van der Waals surface area contributed by atoms with Gasteiger partial charge in [0.05, 0.1) is 23.7 Å². The predicted octanol–water partition coefficient (Wildman–Crippen LogP) is 3.46. The van der Waals surface area contributed by atoms with E-state index in [1.807, 2.05) is 6.07 Å². The van der Waals surface area contributed by atoms with E-state index in [0.29, 0.717) is 5.69 Å². The molecule has 1 aromatic carbocycles. The number of aromatic nitrogens is 1. The van der Waals surface area contributed by atoms with Crippen LogP contribution in [0.4, 0.5) is 8.78 Å². The van der Waals surface area contributed by atoms with Crippen LogP contribution in [0.5, 0.6) is 0 Å². The molecule has 1 heterocycles. The summed E-state index contributed by atoms with van der Waals surface area (Å²) in [7, 11) is 0. The third kappa shape index (κ3) is 2.17. The van der Waals surface area contributed by atoms with Gasteiger partial charge in [0.25, 0.3) is 0 Å². The first-order chi connectivity index (χ1) is 8.13. The van der Waals surface area contributed by atoms with Crippen molar-refractivity contribution in [3.63, 3.8) is 0 Å². The quantitative estimate of drug-likeness (QED) is 0.818. The first-order valence-electron chi connectivity index (χ1n) is 4.91. The average molecular weight is 250 g/mol. The minimum absolute atomic E-state index is 0.121. The Bertz CT molecular complexity index is 579. The summed E-state index contributed by atoms with van der Waals surface area (Å²) >= 11 is 1.15. The molecule has 2 nitrogen and oxygen atoms in total. The van der Waals surface area contributed by atoms with E-state index in [9.17, 15) is 8.78 Å². The minimum Gasteiger partial charge on any atom is -0.241 e. The van der Waals surface area contributed by atoms with Gasteiger partial charge in [0.15, 0.2) is 0 Å². The Morgan fingerprint density at radius 3 is 2.59 bits per heavy atom. The molecule has 0 bridgehead atoms. The van der Waals surface area contributed by atoms with Gasteiger partial charge in [-0.3, -0.25) is 0 Å². The van der Waals surface area contributed by atoms with Crippen molar-refractivity contribution in [1.82, 2.24) is 4.98 Å². The van der Waals surface area contributed by atoms with Gasteiger partial charge in [0, 0.05) is 4.88 Å². The second-order valence-electron chi connectivity index (χ2n) is 3.46. The SMILES string of the molecule is Cc1nc(-c2c(F)cccc2F)sc1CC#N. The molecular formula is C12H8F2N2S. The minimum atomic E-state index is -0.637. The number of thiazole rings is 1. The second kappa shape index (κ2) is 4.60. The van der Waals surface area contributed by atoms with Gasteiger partial charge >= 0.3 is 0 Å². The first-order valence-corrected chi connectivity index (χ1v) is 5.72. The van der Waals surface area contributed by atoms with Gasteiger partial charge in [0.1, 0.15) is 16.6 Å². The van der Waals surface area contributed by atoms with E-state index in [4.69, 9.17) is 5.26 Å². The summed E-state index contributed by atoms with van der Waals surface area (Å²) in [5.41, 5.74) is 0.527. The van der Waals surface area contributed by atoms with Crippen molar-refractivity contribution in [1.29, 1.82) is 5.26 Å². The molecule has 0 fully saturated rings. The van der Waals surface area contributed by atoms with Crippen molar-refractivity contribution >= 4 is 11.3 Å². The molecule has 0 spiro atoms. The zero-order valence-electron chi connectivity index (χ0n) is 9.00. The first kappa shape index (κ1) is 11.7. The Morgan fingerprint density at radius 1 is 1.35 bits per heavy atom. The molecule has 0 amide bonds. The van der Waals surface area contributed by atoms with Crippen LogP contribution in [0, 0.1) is 29.9 Å². The van der Waals surface area contributed by atoms with Crippen LogP contribution >= 0.6 is 11.3 Å². The normalized spacial score (nSPS) is 10.2. The van der Waals surface area contributed by atoms with E-state index in [-0.39, 0.29) is 17.0 Å². The van der Waals surface area contributed by atoms with Crippen LogP contribution < -0.4 is 0 Å². The zero-order chi connectivity index (χ0) is 12.4. The van der Waals surface area contributed by atoms with Crippen molar-refractivity contribution in [2.24, 2.45) is 0 Å². The van der Waals surface area contributed by atoms with Crippen LogP contribution in [-0.2, 0) is 6.42 Å². The van der Waals surface area contributed by atoms with Crippen LogP contribution in [0.2, 0.25) is 0 Å². The number of rotatable bonds is 2. The van der Waals surface area contributed by atoms with Crippen molar-refractivity contribution < 1.29 is 8.78 Å². The highest BCUT2D eigenvalue weighted by atomic mass is 32.1. The Hall–Kier alpha value is -1.80. The van der Waals surface area contributed by atoms with Gasteiger partial charge in [-0.2, -0.15) is 5.26 Å². The maximum Gasteiger partial charge on any atom is 0.136 e. The summed E-state index contributed by atoms with van der Waals surface area (Å²) in [4.78, 5) is 4.85. The molecule has 0 aliphatic heterocycles. The van der Waals surface area contributed by atoms with Gasteiger partial charge in [-0.05, 0) is 19.1 Å². The third-order valence-corrected chi connectivity index (χ3v) is 3.48. The highest BCUT2D eigenvalue weighted by Crippen LogP contribution is 2.31. The number of hydrogen-bond donors (Lipinski definition) is 0. The van der Waals surface area contributed by atoms with Crippen molar-refractivity contribution in [2.45, 2.75) is 13.3 Å². The standard InChI is InChI=1S/C12H8F2N2S/c1-7-10(5-6-15)17-12(16-7)11-8(13)3-2-4-9(11)14/h2-4H,5H2,1H3. The van der Waals surface area contributed by atoms with Gasteiger partial charge in [-0.1, -0.05) is 6.07 Å². The molecule has 0 saturated carbocycles. The third-order valence-electron chi connectivity index (χ3n) is 2.31. The molecule has 17 heavy (non-hydrogen) atoms. The predicted molar refractivity (Wildman–Crippen MR) is 61.5 cm³/mol. The summed E-state index contributed by atoms with van der Waals surface area (Å²) in [5, 5.41) is 8.89. The highest BCUT2D eigenvalue weighted by molar-refractivity contribution is 7.15. The van der Waals surface area contributed by atoms with E-state index in [0.717, 1.165) is 16.2 Å². The Kier molecular flexibility index (Phi) is 3.16. The van der Waals surface area contributed by atoms with E-state index in [2.05, 4.69) is 4.98 Å². The molecule has 0 aliphatic rings. The fourth-order valence-corrected chi connectivity index (χ4v) is 2.52. The summed E-state index contributed by atoms with van der Waals surface area (Å²) in [6, 6.07) is 5.70. The fraction of sp³-hybridized carbons (Fsp3) is 0.167. The van der Waals surface area contributed by atoms with Gasteiger partial charge in [-0.25, -0.2) is 13.8 Å². The fourth-order valence-electron chi connectivity index (χ4n) is 1.47. The number of nitriles is 1. The van der Waals surface area contributed by atoms with Crippen LogP contribution in [0.1, 0.15) is 10.6 Å². The molecule has 0 saturated heterocycles. The summed E-state index contributed by atoms with van der Waals surface area (Å²) in [5.74, 6) is -1.27. The van der Waals surface area contributed by atoms with E-state index in [1.54, 1.807) is 6.92 Å². The smallest absolute Gasteiger partial charge is 0.136 e. The molecule has 0 atom stereocenters. The molecule has 0 radical (unpaired) electrons. The maximum atomic E-state index is 13.5. The molecular weight excluding hydrogens is 242 g/mol. The van der Waals surface area contributed by atoms with E-state index >= 15 is 0 Å².